The quantitative estimate of drug-likeness (QED) is 0.689. The Morgan fingerprint density at radius 1 is 1.26 bits per heavy atom. The predicted molar refractivity (Wildman–Crippen MR) is 79.3 cm³/mol. The lowest BCUT2D eigenvalue weighted by molar-refractivity contribution is 0.128. The van der Waals surface area contributed by atoms with E-state index < -0.39 is 5.54 Å². The van der Waals surface area contributed by atoms with E-state index in [2.05, 4.69) is 19.2 Å². The van der Waals surface area contributed by atoms with Crippen molar-refractivity contribution in [3.8, 4) is 11.5 Å². The Balaban J connectivity index is 2.52. The van der Waals surface area contributed by atoms with Crippen LogP contribution in [0.5, 0.6) is 11.5 Å². The molecular weight excluding hydrogens is 260 g/mol. The van der Waals surface area contributed by atoms with Crippen LogP contribution in [0, 0.1) is 0 Å². The maximum atomic E-state index is 10.1. The second-order valence-electron chi connectivity index (χ2n) is 6.03. The molecule has 0 amide bonds. The van der Waals surface area contributed by atoms with E-state index in [0.717, 1.165) is 12.0 Å². The highest BCUT2D eigenvalue weighted by molar-refractivity contribution is 7.80. The van der Waals surface area contributed by atoms with E-state index in [-0.39, 0.29) is 17.0 Å². The van der Waals surface area contributed by atoms with Crippen molar-refractivity contribution >= 4 is 17.3 Å². The summed E-state index contributed by atoms with van der Waals surface area (Å²) in [5, 5.41) is 23.5. The monoisotopic (exact) mass is 280 g/mol. The Hall–Kier alpha value is -1.49. The van der Waals surface area contributed by atoms with Crippen molar-refractivity contribution in [3.63, 3.8) is 0 Å². The van der Waals surface area contributed by atoms with Crippen LogP contribution in [0.25, 0.3) is 0 Å². The molecule has 1 atom stereocenters. The van der Waals surface area contributed by atoms with E-state index in [0.29, 0.717) is 5.11 Å². The lowest BCUT2D eigenvalue weighted by atomic mass is 9.77. The topological polar surface area (TPSA) is 55.7 Å². The van der Waals surface area contributed by atoms with E-state index in [4.69, 9.17) is 12.2 Å². The number of nitrogens with one attached hydrogen (secondary N) is 1. The molecule has 0 saturated carbocycles. The second kappa shape index (κ2) is 4.27. The van der Waals surface area contributed by atoms with Gasteiger partial charge in [-0.25, -0.2) is 0 Å². The molecule has 5 heteroatoms. The molecule has 0 unspecified atom stereocenters. The van der Waals surface area contributed by atoms with Gasteiger partial charge in [0.25, 0.3) is 0 Å². The zero-order valence-corrected chi connectivity index (χ0v) is 12.5. The van der Waals surface area contributed by atoms with Gasteiger partial charge in [-0.15, -0.1) is 0 Å². The molecule has 4 nitrogen and oxygen atoms in total. The molecule has 3 N–H and O–H groups in total. The van der Waals surface area contributed by atoms with Crippen molar-refractivity contribution in [2.75, 3.05) is 7.05 Å². The highest BCUT2D eigenvalue weighted by atomic mass is 32.1. The third kappa shape index (κ3) is 2.34. The van der Waals surface area contributed by atoms with Crippen LogP contribution in [0.4, 0.5) is 0 Å². The minimum atomic E-state index is -0.413. The van der Waals surface area contributed by atoms with E-state index in [1.165, 1.54) is 6.07 Å². The van der Waals surface area contributed by atoms with Crippen LogP contribution in [0.15, 0.2) is 18.2 Å². The van der Waals surface area contributed by atoms with Gasteiger partial charge in [-0.3, -0.25) is 0 Å². The molecule has 1 fully saturated rings. The van der Waals surface area contributed by atoms with Gasteiger partial charge in [0.2, 0.25) is 0 Å². The average molecular weight is 280 g/mol. The summed E-state index contributed by atoms with van der Waals surface area (Å²) in [7, 11) is 1.91. The molecule has 0 spiro atoms. The van der Waals surface area contributed by atoms with Crippen LogP contribution in [0.3, 0.4) is 0 Å². The summed E-state index contributed by atoms with van der Waals surface area (Å²) < 4.78 is 0. The molecule has 1 aliphatic rings. The molecule has 0 aromatic heterocycles. The smallest absolute Gasteiger partial charge is 0.169 e. The number of phenolic OH excluding ortho intramolecular Hbond substituents is 2. The first-order valence-electron chi connectivity index (χ1n) is 6.24. The van der Waals surface area contributed by atoms with Crippen LogP contribution in [-0.2, 0) is 5.54 Å². The molecule has 19 heavy (non-hydrogen) atoms. The number of phenols is 2. The predicted octanol–water partition coefficient (Wildman–Crippen LogP) is 2.30. The van der Waals surface area contributed by atoms with Gasteiger partial charge >= 0.3 is 0 Å². The number of benzene rings is 1. The van der Waals surface area contributed by atoms with Crippen LogP contribution in [0.2, 0.25) is 0 Å². The van der Waals surface area contributed by atoms with Gasteiger partial charge in [0.15, 0.2) is 5.11 Å². The summed E-state index contributed by atoms with van der Waals surface area (Å²) in [4.78, 5) is 1.96. The Bertz CT molecular complexity index is 530. The SMILES string of the molecule is CN1C(=S)NC(C)(C)C[C@@]1(C)c1ccc(O)cc1O. The van der Waals surface area contributed by atoms with Gasteiger partial charge in [0.05, 0.1) is 5.54 Å². The minimum Gasteiger partial charge on any atom is -0.508 e. The first kappa shape index (κ1) is 13.9. The van der Waals surface area contributed by atoms with Crippen molar-refractivity contribution in [1.29, 1.82) is 0 Å². The lowest BCUT2D eigenvalue weighted by Crippen LogP contribution is -2.63. The number of nitrogens with zero attached hydrogens (tertiary/aromatic N) is 1. The molecule has 1 aromatic rings. The van der Waals surface area contributed by atoms with Gasteiger partial charge in [-0.2, -0.15) is 0 Å². The normalized spacial score (nSPS) is 26.1. The highest BCUT2D eigenvalue weighted by Gasteiger charge is 2.44. The van der Waals surface area contributed by atoms with Crippen molar-refractivity contribution in [3.05, 3.63) is 23.8 Å². The van der Waals surface area contributed by atoms with Crippen LogP contribution >= 0.6 is 12.2 Å². The molecular formula is C14H20N2O2S. The van der Waals surface area contributed by atoms with Crippen LogP contribution in [0.1, 0.15) is 32.8 Å². The maximum absolute atomic E-state index is 10.1. The van der Waals surface area contributed by atoms with Crippen molar-refractivity contribution in [2.45, 2.75) is 38.3 Å². The molecule has 2 rings (SSSR count). The fourth-order valence-corrected chi connectivity index (χ4v) is 3.35. The van der Waals surface area contributed by atoms with Crippen molar-refractivity contribution < 1.29 is 10.2 Å². The van der Waals surface area contributed by atoms with Crippen LogP contribution in [-0.4, -0.2) is 32.8 Å². The number of hydrogen-bond donors (Lipinski definition) is 3. The minimum absolute atomic E-state index is 0.0586. The number of aromatic hydroxyl groups is 2. The number of thiocarbonyl (C=S) groups is 1. The Morgan fingerprint density at radius 3 is 2.47 bits per heavy atom. The van der Waals surface area contributed by atoms with Gasteiger partial charge in [0, 0.05) is 24.2 Å². The molecule has 1 aromatic carbocycles. The summed E-state index contributed by atoms with van der Waals surface area (Å²) in [5.74, 6) is 0.151. The average Bonchev–Trinajstić information content (AvgIpc) is 2.24. The summed E-state index contributed by atoms with van der Waals surface area (Å²) in [6, 6.07) is 4.71. The number of rotatable bonds is 1. The standard InChI is InChI=1S/C14H20N2O2S/c1-13(2)8-14(3,16(4)12(19)15-13)10-6-5-9(17)7-11(10)18/h5-7,17-18H,8H2,1-4H3,(H,15,19)/t14-/m0/s1. The largest absolute Gasteiger partial charge is 0.508 e. The summed E-state index contributed by atoms with van der Waals surface area (Å²) in [5.41, 5.74) is 0.205. The van der Waals surface area contributed by atoms with Crippen molar-refractivity contribution in [2.24, 2.45) is 0 Å². The maximum Gasteiger partial charge on any atom is 0.169 e. The van der Waals surface area contributed by atoms with Crippen LogP contribution < -0.4 is 5.32 Å². The van der Waals surface area contributed by atoms with Gasteiger partial charge in [-0.05, 0) is 51.5 Å². The molecule has 1 saturated heterocycles. The molecule has 1 aliphatic heterocycles. The summed E-state index contributed by atoms with van der Waals surface area (Å²) in [6.45, 7) is 6.22. The van der Waals surface area contributed by atoms with Gasteiger partial charge in [-0.1, -0.05) is 0 Å². The Kier molecular flexibility index (Phi) is 3.13. The molecule has 0 bridgehead atoms. The third-order valence-electron chi connectivity index (χ3n) is 3.84. The molecule has 1 heterocycles. The zero-order valence-electron chi connectivity index (χ0n) is 11.7. The molecule has 104 valence electrons. The third-order valence-corrected chi connectivity index (χ3v) is 4.21. The first-order valence-corrected chi connectivity index (χ1v) is 6.65. The second-order valence-corrected chi connectivity index (χ2v) is 6.41. The first-order chi connectivity index (χ1) is 8.66. The Labute approximate surface area is 119 Å². The number of hydrogen-bond acceptors (Lipinski definition) is 3. The van der Waals surface area contributed by atoms with E-state index >= 15 is 0 Å². The van der Waals surface area contributed by atoms with Gasteiger partial charge in [0.1, 0.15) is 11.5 Å². The van der Waals surface area contributed by atoms with Gasteiger partial charge < -0.3 is 20.4 Å². The molecule has 0 aliphatic carbocycles. The van der Waals surface area contributed by atoms with E-state index in [1.807, 2.05) is 18.9 Å². The summed E-state index contributed by atoms with van der Waals surface area (Å²) in [6.07, 6.45) is 0.787. The lowest BCUT2D eigenvalue weighted by Gasteiger charge is -2.51. The Morgan fingerprint density at radius 2 is 1.89 bits per heavy atom. The van der Waals surface area contributed by atoms with E-state index in [1.54, 1.807) is 12.1 Å². The zero-order chi connectivity index (χ0) is 14.4. The fraction of sp³-hybridized carbons (Fsp3) is 0.500. The van der Waals surface area contributed by atoms with Crippen molar-refractivity contribution in [1.82, 2.24) is 10.2 Å². The highest BCUT2D eigenvalue weighted by Crippen LogP contribution is 2.43. The van der Waals surface area contributed by atoms with E-state index in [9.17, 15) is 10.2 Å². The molecule has 0 radical (unpaired) electrons. The fourth-order valence-electron chi connectivity index (χ4n) is 2.87. The summed E-state index contributed by atoms with van der Waals surface area (Å²) >= 11 is 5.38.